The number of hydrogen-bond donors (Lipinski definition) is 0. The van der Waals surface area contributed by atoms with Gasteiger partial charge in [0.2, 0.25) is 0 Å². The molecule has 4 heteroatoms. The largest absolute Gasteiger partial charge is 0.418 e. The molecule has 0 saturated carbocycles. The molecule has 0 aromatic carbocycles. The molecule has 0 bridgehead atoms. The van der Waals surface area contributed by atoms with Crippen LogP contribution in [-0.4, -0.2) is 29.8 Å². The first-order valence-electron chi connectivity index (χ1n) is 6.40. The summed E-state index contributed by atoms with van der Waals surface area (Å²) in [4.78, 5) is 0. The van der Waals surface area contributed by atoms with E-state index >= 15 is 0 Å². The average Bonchev–Trinajstić information content (AvgIpc) is 2.01. The summed E-state index contributed by atoms with van der Waals surface area (Å²) < 4.78 is 11.0. The summed E-state index contributed by atoms with van der Waals surface area (Å²) >= 11 is 0. The van der Waals surface area contributed by atoms with Gasteiger partial charge in [-0.15, -0.1) is 0 Å². The van der Waals surface area contributed by atoms with Gasteiger partial charge in [0.1, 0.15) is 0 Å². The van der Waals surface area contributed by atoms with Gasteiger partial charge in [-0.3, -0.25) is 0 Å². The van der Waals surface area contributed by atoms with E-state index < -0.39 is 16.6 Å². The molecule has 16 heavy (non-hydrogen) atoms. The number of rotatable bonds is 6. The van der Waals surface area contributed by atoms with Gasteiger partial charge >= 0.3 is 0 Å². The summed E-state index contributed by atoms with van der Waals surface area (Å²) in [5.74, 6) is 0. The molecule has 0 aliphatic heterocycles. The van der Waals surface area contributed by atoms with Gasteiger partial charge in [-0.05, 0) is 52.6 Å². The lowest BCUT2D eigenvalue weighted by molar-refractivity contribution is 0.303. The van der Waals surface area contributed by atoms with Crippen molar-refractivity contribution in [1.82, 2.24) is 0 Å². The lowest BCUT2D eigenvalue weighted by Crippen LogP contribution is -2.25. The van der Waals surface area contributed by atoms with E-state index in [1.54, 1.807) is 0 Å². The molecule has 0 unspecified atom stereocenters. The maximum absolute atomic E-state index is 5.61. The Morgan fingerprint density at radius 2 is 1.19 bits per heavy atom. The Labute approximate surface area is 105 Å². The monoisotopic (exact) mass is 264 g/mol. The normalized spacial score (nSPS) is 12.0. The minimum Gasteiger partial charge on any atom is -0.418 e. The number of hydrogen-bond acceptors (Lipinski definition) is 2. The fraction of sp³-hybridized carbons (Fsp3) is 1.00. The van der Waals surface area contributed by atoms with Crippen molar-refractivity contribution in [3.05, 3.63) is 0 Å². The van der Waals surface area contributed by atoms with Gasteiger partial charge in [-0.25, -0.2) is 0 Å². The lowest BCUT2D eigenvalue weighted by atomic mass is 10.4. The summed E-state index contributed by atoms with van der Waals surface area (Å²) in [6, 6.07) is 0. The maximum Gasteiger partial charge on any atom is 0.183 e. The van der Waals surface area contributed by atoms with Crippen molar-refractivity contribution >= 4 is 16.6 Å². The molecule has 0 saturated heterocycles. The van der Waals surface area contributed by atoms with Crippen LogP contribution in [0.1, 0.15) is 26.7 Å². The van der Waals surface area contributed by atoms with Crippen molar-refractivity contribution in [3.8, 4) is 0 Å². The van der Waals surface area contributed by atoms with E-state index in [2.05, 4.69) is 46.2 Å². The van der Waals surface area contributed by atoms with Gasteiger partial charge in [0.25, 0.3) is 0 Å². The highest BCUT2D eigenvalue weighted by Gasteiger charge is 2.12. The Morgan fingerprint density at radius 1 is 0.750 bits per heavy atom. The highest BCUT2D eigenvalue weighted by Crippen LogP contribution is 2.03. The second-order valence-electron chi connectivity index (χ2n) is 5.86. The van der Waals surface area contributed by atoms with Gasteiger partial charge in [0, 0.05) is 13.2 Å². The zero-order valence-corrected chi connectivity index (χ0v) is 14.6. The molecular weight excluding hydrogens is 232 g/mol. The Kier molecular flexibility index (Phi) is 11.0. The molecule has 100 valence electrons. The molecule has 0 aliphatic rings. The molecule has 0 heterocycles. The van der Waals surface area contributed by atoms with Crippen LogP contribution in [0.5, 0.6) is 0 Å². The van der Waals surface area contributed by atoms with Crippen LogP contribution in [0.4, 0.5) is 0 Å². The van der Waals surface area contributed by atoms with E-state index in [1.165, 1.54) is 12.8 Å². The molecule has 0 radical (unpaired) electrons. The highest BCUT2D eigenvalue weighted by molar-refractivity contribution is 6.70. The minimum atomic E-state index is -1.19. The van der Waals surface area contributed by atoms with E-state index in [1.807, 2.05) is 6.92 Å². The van der Waals surface area contributed by atoms with Crippen LogP contribution in [0.15, 0.2) is 0 Å². The highest BCUT2D eigenvalue weighted by atomic mass is 28.4. The predicted octanol–water partition coefficient (Wildman–Crippen LogP) is 4.50. The summed E-state index contributed by atoms with van der Waals surface area (Å²) in [6.45, 7) is 19.3. The molecule has 0 amide bonds. The minimum absolute atomic E-state index is 0.871. The van der Waals surface area contributed by atoms with Crippen molar-refractivity contribution < 1.29 is 8.85 Å². The fourth-order valence-electron chi connectivity index (χ4n) is 0.956. The molecular formula is C12H32O2Si2. The van der Waals surface area contributed by atoms with E-state index in [0.29, 0.717) is 0 Å². The molecule has 0 spiro atoms. The molecule has 0 aromatic rings. The zero-order chi connectivity index (χ0) is 13.2. The fourth-order valence-corrected chi connectivity index (χ4v) is 2.58. The third kappa shape index (κ3) is 23.9. The SMILES string of the molecule is CCCCO[Si](C)(C)C.CCO[Si](C)(C)C. The van der Waals surface area contributed by atoms with Crippen molar-refractivity contribution in [2.75, 3.05) is 13.2 Å². The van der Waals surface area contributed by atoms with Crippen LogP contribution in [-0.2, 0) is 8.85 Å². The topological polar surface area (TPSA) is 18.5 Å². The van der Waals surface area contributed by atoms with Gasteiger partial charge in [-0.2, -0.15) is 0 Å². The van der Waals surface area contributed by atoms with Crippen LogP contribution < -0.4 is 0 Å². The number of unbranched alkanes of at least 4 members (excludes halogenated alkanes) is 1. The van der Waals surface area contributed by atoms with Gasteiger partial charge < -0.3 is 8.85 Å². The third-order valence-electron chi connectivity index (χ3n) is 1.61. The van der Waals surface area contributed by atoms with Crippen molar-refractivity contribution in [2.45, 2.75) is 66.0 Å². The summed E-state index contributed by atoms with van der Waals surface area (Å²) in [5, 5.41) is 0. The molecule has 0 aromatic heterocycles. The van der Waals surface area contributed by atoms with Crippen molar-refractivity contribution in [2.24, 2.45) is 0 Å². The van der Waals surface area contributed by atoms with Gasteiger partial charge in [0.05, 0.1) is 0 Å². The first-order chi connectivity index (χ1) is 7.12. The second-order valence-corrected chi connectivity index (χ2v) is 14.9. The quantitative estimate of drug-likeness (QED) is 0.519. The second kappa shape index (κ2) is 9.39. The standard InChI is InChI=1S/C7H18OSi.C5H14OSi/c1-5-6-7-8-9(2,3)4;1-5-6-7(2,3)4/h5-7H2,1-4H3;5H2,1-4H3. The molecule has 0 rings (SSSR count). The molecule has 0 aliphatic carbocycles. The molecule has 0 N–H and O–H groups in total. The van der Waals surface area contributed by atoms with Crippen LogP contribution in [0.2, 0.25) is 39.3 Å². The zero-order valence-electron chi connectivity index (χ0n) is 12.6. The van der Waals surface area contributed by atoms with E-state index in [-0.39, 0.29) is 0 Å². The van der Waals surface area contributed by atoms with E-state index in [0.717, 1.165) is 13.2 Å². The van der Waals surface area contributed by atoms with Crippen molar-refractivity contribution in [3.63, 3.8) is 0 Å². The summed E-state index contributed by atoms with van der Waals surface area (Å²) in [5.41, 5.74) is 0. The van der Waals surface area contributed by atoms with Crippen LogP contribution in [0.3, 0.4) is 0 Å². The Morgan fingerprint density at radius 3 is 1.38 bits per heavy atom. The maximum atomic E-state index is 5.61. The Hall–Kier alpha value is 0.354. The predicted molar refractivity (Wildman–Crippen MR) is 79.2 cm³/mol. The van der Waals surface area contributed by atoms with Gasteiger partial charge in [0.15, 0.2) is 16.6 Å². The van der Waals surface area contributed by atoms with Crippen molar-refractivity contribution in [1.29, 1.82) is 0 Å². The Balaban J connectivity index is 0. The van der Waals surface area contributed by atoms with Crippen LogP contribution in [0, 0.1) is 0 Å². The van der Waals surface area contributed by atoms with Crippen LogP contribution >= 0.6 is 0 Å². The first kappa shape index (κ1) is 18.7. The van der Waals surface area contributed by atoms with E-state index in [4.69, 9.17) is 8.85 Å². The summed E-state index contributed by atoms with van der Waals surface area (Å²) in [7, 11) is -2.35. The lowest BCUT2D eigenvalue weighted by Gasteiger charge is -2.16. The Bertz CT molecular complexity index is 148. The molecule has 0 atom stereocenters. The molecule has 0 fully saturated rings. The first-order valence-corrected chi connectivity index (χ1v) is 13.2. The smallest absolute Gasteiger partial charge is 0.183 e. The summed E-state index contributed by atoms with van der Waals surface area (Å²) in [6.07, 6.45) is 2.45. The third-order valence-corrected chi connectivity index (χ3v) is 3.84. The van der Waals surface area contributed by atoms with Gasteiger partial charge in [-0.1, -0.05) is 13.3 Å². The average molecular weight is 265 g/mol. The van der Waals surface area contributed by atoms with E-state index in [9.17, 15) is 0 Å². The van der Waals surface area contributed by atoms with Crippen LogP contribution in [0.25, 0.3) is 0 Å². The molecule has 2 nitrogen and oxygen atoms in total.